The summed E-state index contributed by atoms with van der Waals surface area (Å²) < 4.78 is 29.4. The number of hydrogen-bond acceptors (Lipinski definition) is 5. The Bertz CT molecular complexity index is 1690. The first-order chi connectivity index (χ1) is 17.3. The Balaban J connectivity index is 1.87. The summed E-state index contributed by atoms with van der Waals surface area (Å²) in [6.45, 7) is 1.88. The van der Waals surface area contributed by atoms with Gasteiger partial charge in [0, 0.05) is 23.1 Å². The normalized spacial score (nSPS) is 12.5. The summed E-state index contributed by atoms with van der Waals surface area (Å²) >= 11 is 0. The number of non-ortho nitro benzene ring substituents is 1. The average molecular weight is 499 g/mol. The van der Waals surface area contributed by atoms with Crippen molar-refractivity contribution in [3.8, 4) is 11.3 Å². The molecular formula is C28H22N2O5S. The van der Waals surface area contributed by atoms with Crippen molar-refractivity contribution >= 4 is 26.6 Å². The van der Waals surface area contributed by atoms with Gasteiger partial charge in [-0.2, -0.15) is 0 Å². The number of aromatic nitrogens is 1. The predicted molar refractivity (Wildman–Crippen MR) is 138 cm³/mol. The molecule has 180 valence electrons. The number of nitrogens with zero attached hydrogens (tertiary/aromatic N) is 2. The lowest BCUT2D eigenvalue weighted by Gasteiger charge is -2.17. The lowest BCUT2D eigenvalue weighted by Crippen LogP contribution is -2.15. The molecule has 0 saturated carbocycles. The van der Waals surface area contributed by atoms with Crippen molar-refractivity contribution in [1.82, 2.24) is 3.97 Å². The van der Waals surface area contributed by atoms with Gasteiger partial charge in [-0.1, -0.05) is 78.4 Å². The molecule has 0 saturated heterocycles. The topological polar surface area (TPSA) is 102 Å². The van der Waals surface area contributed by atoms with Crippen molar-refractivity contribution in [3.63, 3.8) is 0 Å². The fourth-order valence-electron chi connectivity index (χ4n) is 4.42. The van der Waals surface area contributed by atoms with E-state index in [2.05, 4.69) is 0 Å². The summed E-state index contributed by atoms with van der Waals surface area (Å²) in [7, 11) is -4.08. The number of aliphatic hydroxyl groups is 1. The number of rotatable bonds is 6. The van der Waals surface area contributed by atoms with E-state index in [0.29, 0.717) is 27.7 Å². The fourth-order valence-corrected chi connectivity index (χ4v) is 5.97. The first kappa shape index (κ1) is 23.5. The smallest absolute Gasteiger partial charge is 0.269 e. The number of para-hydroxylation sites is 1. The molecule has 1 unspecified atom stereocenters. The third-order valence-electron chi connectivity index (χ3n) is 6.15. The van der Waals surface area contributed by atoms with Gasteiger partial charge in [-0.3, -0.25) is 10.1 Å². The van der Waals surface area contributed by atoms with Crippen LogP contribution in [0.2, 0.25) is 0 Å². The van der Waals surface area contributed by atoms with Crippen LogP contribution in [0.1, 0.15) is 22.8 Å². The summed E-state index contributed by atoms with van der Waals surface area (Å²) in [6, 6.07) is 28.2. The minimum absolute atomic E-state index is 0.113. The second-order valence-electron chi connectivity index (χ2n) is 8.48. The number of hydrogen-bond donors (Lipinski definition) is 1. The zero-order valence-electron chi connectivity index (χ0n) is 19.3. The molecule has 0 bridgehead atoms. The van der Waals surface area contributed by atoms with Crippen LogP contribution >= 0.6 is 0 Å². The second kappa shape index (κ2) is 9.07. The molecule has 0 aliphatic carbocycles. The monoisotopic (exact) mass is 498 g/mol. The van der Waals surface area contributed by atoms with Crippen LogP contribution < -0.4 is 0 Å². The van der Waals surface area contributed by atoms with Gasteiger partial charge >= 0.3 is 0 Å². The van der Waals surface area contributed by atoms with E-state index in [9.17, 15) is 23.6 Å². The predicted octanol–water partition coefficient (Wildman–Crippen LogP) is 5.84. The molecular weight excluding hydrogens is 476 g/mol. The van der Waals surface area contributed by atoms with Gasteiger partial charge in [0.05, 0.1) is 21.0 Å². The number of benzene rings is 4. The minimum atomic E-state index is -4.08. The molecule has 0 aliphatic heterocycles. The summed E-state index contributed by atoms with van der Waals surface area (Å²) in [5, 5.41) is 23.5. The van der Waals surface area contributed by atoms with Crippen molar-refractivity contribution in [2.24, 2.45) is 0 Å². The number of aryl methyl sites for hydroxylation is 1. The van der Waals surface area contributed by atoms with Crippen LogP contribution in [0, 0.1) is 17.0 Å². The Hall–Kier alpha value is -4.27. The molecule has 0 fully saturated rings. The van der Waals surface area contributed by atoms with E-state index in [4.69, 9.17) is 0 Å². The third-order valence-corrected chi connectivity index (χ3v) is 7.88. The van der Waals surface area contributed by atoms with E-state index in [0.717, 1.165) is 5.56 Å². The van der Waals surface area contributed by atoms with Crippen molar-refractivity contribution in [3.05, 3.63) is 130 Å². The molecule has 1 aromatic heterocycles. The molecule has 1 atom stereocenters. The molecule has 36 heavy (non-hydrogen) atoms. The van der Waals surface area contributed by atoms with E-state index in [-0.39, 0.29) is 16.1 Å². The highest BCUT2D eigenvalue weighted by atomic mass is 32.2. The van der Waals surface area contributed by atoms with E-state index in [1.807, 2.05) is 13.0 Å². The van der Waals surface area contributed by atoms with Crippen LogP contribution in [0.4, 0.5) is 5.69 Å². The van der Waals surface area contributed by atoms with Crippen LogP contribution in [0.5, 0.6) is 0 Å². The van der Waals surface area contributed by atoms with Crippen LogP contribution in [-0.4, -0.2) is 22.4 Å². The van der Waals surface area contributed by atoms with Crippen molar-refractivity contribution in [1.29, 1.82) is 0 Å². The number of aliphatic hydroxyl groups excluding tert-OH is 1. The maximum atomic E-state index is 14.1. The lowest BCUT2D eigenvalue weighted by molar-refractivity contribution is -0.385. The zero-order chi connectivity index (χ0) is 25.4. The van der Waals surface area contributed by atoms with Crippen LogP contribution in [0.15, 0.2) is 108 Å². The van der Waals surface area contributed by atoms with E-state index >= 15 is 0 Å². The Morgan fingerprint density at radius 2 is 1.53 bits per heavy atom. The van der Waals surface area contributed by atoms with Gasteiger partial charge in [-0.25, -0.2) is 12.4 Å². The van der Waals surface area contributed by atoms with Gasteiger partial charge in [-0.15, -0.1) is 0 Å². The van der Waals surface area contributed by atoms with E-state index in [1.54, 1.807) is 78.9 Å². The van der Waals surface area contributed by atoms with Gasteiger partial charge in [0.2, 0.25) is 0 Å². The molecule has 8 heteroatoms. The van der Waals surface area contributed by atoms with Gasteiger partial charge < -0.3 is 5.11 Å². The highest BCUT2D eigenvalue weighted by molar-refractivity contribution is 7.90. The van der Waals surface area contributed by atoms with Gasteiger partial charge in [0.1, 0.15) is 6.10 Å². The summed E-state index contributed by atoms with van der Waals surface area (Å²) in [5.41, 5.74) is 2.70. The number of nitro benzene ring substituents is 1. The van der Waals surface area contributed by atoms with Crippen LogP contribution in [-0.2, 0) is 10.0 Å². The Morgan fingerprint density at radius 3 is 2.22 bits per heavy atom. The largest absolute Gasteiger partial charge is 0.384 e. The van der Waals surface area contributed by atoms with Crippen molar-refractivity contribution in [2.75, 3.05) is 0 Å². The third kappa shape index (κ3) is 3.96. The zero-order valence-corrected chi connectivity index (χ0v) is 20.1. The Kier molecular flexibility index (Phi) is 5.91. The molecule has 0 amide bonds. The molecule has 7 nitrogen and oxygen atoms in total. The maximum Gasteiger partial charge on any atom is 0.269 e. The summed E-state index contributed by atoms with van der Waals surface area (Å²) in [6.07, 6.45) is -1.32. The van der Waals surface area contributed by atoms with E-state index in [1.165, 1.54) is 22.2 Å². The molecule has 0 aliphatic rings. The molecule has 1 heterocycles. The first-order valence-electron chi connectivity index (χ1n) is 11.2. The number of nitro groups is 1. The average Bonchev–Trinajstić information content (AvgIpc) is 3.25. The second-order valence-corrected chi connectivity index (χ2v) is 10.3. The molecule has 5 aromatic rings. The molecule has 4 aromatic carbocycles. The molecule has 0 radical (unpaired) electrons. The fraction of sp³-hybridized carbons (Fsp3) is 0.0714. The molecule has 5 rings (SSSR count). The molecule has 0 spiro atoms. The highest BCUT2D eigenvalue weighted by Crippen LogP contribution is 2.42. The Labute approximate surface area is 208 Å². The van der Waals surface area contributed by atoms with Crippen molar-refractivity contribution < 1.29 is 18.4 Å². The molecule has 1 N–H and O–H groups in total. The van der Waals surface area contributed by atoms with Crippen molar-refractivity contribution in [2.45, 2.75) is 17.9 Å². The first-order valence-corrected chi connectivity index (χ1v) is 12.7. The van der Waals surface area contributed by atoms with Crippen LogP contribution in [0.3, 0.4) is 0 Å². The van der Waals surface area contributed by atoms with E-state index < -0.39 is 21.1 Å². The van der Waals surface area contributed by atoms with Gasteiger partial charge in [-0.05, 0) is 36.2 Å². The standard InChI is InChI=1S/C28H22N2O5S/c1-19-14-16-23(17-15-19)36(34,35)29-25-13-6-5-12-24(25)26(27(29)20-8-3-2-4-9-20)28(31)21-10-7-11-22(18-21)30(32)33/h2-18,28,31H,1H3. The van der Waals surface area contributed by atoms with Crippen LogP contribution in [0.25, 0.3) is 22.2 Å². The summed E-state index contributed by atoms with van der Waals surface area (Å²) in [5.74, 6) is 0. The Morgan fingerprint density at radius 1 is 0.861 bits per heavy atom. The quantitative estimate of drug-likeness (QED) is 0.234. The highest BCUT2D eigenvalue weighted by Gasteiger charge is 2.31. The lowest BCUT2D eigenvalue weighted by atomic mass is 9.95. The minimum Gasteiger partial charge on any atom is -0.384 e. The summed E-state index contributed by atoms with van der Waals surface area (Å²) in [4.78, 5) is 11.0. The van der Waals surface area contributed by atoms with Gasteiger partial charge in [0.25, 0.3) is 15.7 Å². The maximum absolute atomic E-state index is 14.1. The number of fused-ring (bicyclic) bond motifs is 1. The SMILES string of the molecule is Cc1ccc(S(=O)(=O)n2c(-c3ccccc3)c(C(O)c3cccc([N+](=O)[O-])c3)c3ccccc32)cc1. The van der Waals surface area contributed by atoms with Gasteiger partial charge in [0.15, 0.2) is 0 Å².